The zero-order valence-corrected chi connectivity index (χ0v) is 21.3. The van der Waals surface area contributed by atoms with Crippen LogP contribution in [-0.2, 0) is 14.4 Å². The van der Waals surface area contributed by atoms with Gasteiger partial charge in [0.05, 0.1) is 23.2 Å². The molecule has 2 bridgehead atoms. The quantitative estimate of drug-likeness (QED) is 0.489. The molecule has 1 spiro atoms. The molecule has 2 unspecified atom stereocenters. The fourth-order valence-corrected chi connectivity index (χ4v) is 8.17. The third-order valence-corrected chi connectivity index (χ3v) is 9.15. The van der Waals surface area contributed by atoms with E-state index < -0.39 is 28.2 Å². The molecular formula is C25H39N3O4S. The largest absolute Gasteiger partial charge is 0.395 e. The zero-order chi connectivity index (χ0) is 24.6. The van der Waals surface area contributed by atoms with E-state index in [0.717, 1.165) is 19.3 Å². The van der Waals surface area contributed by atoms with Crippen LogP contribution in [-0.4, -0.2) is 91.9 Å². The van der Waals surface area contributed by atoms with Crippen LogP contribution in [0.4, 0.5) is 0 Å². The van der Waals surface area contributed by atoms with Crippen molar-refractivity contribution in [1.82, 2.24) is 14.7 Å². The number of carbonyl (C=O) groups is 3. The molecule has 0 aromatic heterocycles. The summed E-state index contributed by atoms with van der Waals surface area (Å²) in [6.45, 7) is 16.9. The molecule has 3 heterocycles. The van der Waals surface area contributed by atoms with Gasteiger partial charge in [-0.3, -0.25) is 14.4 Å². The molecule has 0 saturated carbocycles. The number of hydrogen-bond donors (Lipinski definition) is 1. The van der Waals surface area contributed by atoms with E-state index in [-0.39, 0.29) is 36.1 Å². The number of fused-ring (bicyclic) bond motifs is 1. The van der Waals surface area contributed by atoms with Gasteiger partial charge >= 0.3 is 0 Å². The minimum atomic E-state index is -0.687. The molecule has 33 heavy (non-hydrogen) atoms. The predicted molar refractivity (Wildman–Crippen MR) is 132 cm³/mol. The average molecular weight is 478 g/mol. The minimum Gasteiger partial charge on any atom is -0.395 e. The molecule has 1 N–H and O–H groups in total. The van der Waals surface area contributed by atoms with Gasteiger partial charge in [-0.1, -0.05) is 19.1 Å². The molecular weight excluding hydrogens is 438 g/mol. The molecule has 8 heteroatoms. The first kappa shape index (κ1) is 25.8. The monoisotopic (exact) mass is 477 g/mol. The van der Waals surface area contributed by atoms with Crippen LogP contribution in [0.3, 0.4) is 0 Å². The second kappa shape index (κ2) is 9.82. The summed E-state index contributed by atoms with van der Waals surface area (Å²) in [4.78, 5) is 46.6. The fourth-order valence-electron chi connectivity index (χ4n) is 5.96. The van der Waals surface area contributed by atoms with Crippen molar-refractivity contribution in [3.8, 4) is 0 Å². The van der Waals surface area contributed by atoms with Crippen LogP contribution in [0.1, 0.15) is 47.0 Å². The highest BCUT2D eigenvalue weighted by Gasteiger charge is 2.74. The van der Waals surface area contributed by atoms with Crippen LogP contribution < -0.4 is 0 Å². The summed E-state index contributed by atoms with van der Waals surface area (Å²) in [7, 11) is 0. The Balaban J connectivity index is 2.04. The van der Waals surface area contributed by atoms with Gasteiger partial charge in [-0.15, -0.1) is 24.9 Å². The SMILES string of the molecule is C=CCN(CCC)C(=O)[C@@H]1[C@H]2C(=O)N(CCO)C(C(=O)N(CC=C)C(C)(C)C)C23CC[C@H]1S3. The van der Waals surface area contributed by atoms with E-state index in [1.807, 2.05) is 27.7 Å². The molecule has 3 saturated heterocycles. The number of thioether (sulfide) groups is 1. The molecule has 7 nitrogen and oxygen atoms in total. The number of amides is 3. The number of hydrogen-bond acceptors (Lipinski definition) is 5. The lowest BCUT2D eigenvalue weighted by Gasteiger charge is -2.42. The van der Waals surface area contributed by atoms with Crippen molar-refractivity contribution >= 4 is 29.5 Å². The summed E-state index contributed by atoms with van der Waals surface area (Å²) in [5, 5.41) is 9.78. The number of nitrogens with zero attached hydrogens (tertiary/aromatic N) is 3. The van der Waals surface area contributed by atoms with Crippen molar-refractivity contribution in [2.24, 2.45) is 11.8 Å². The van der Waals surface area contributed by atoms with Crippen molar-refractivity contribution in [3.63, 3.8) is 0 Å². The maximum atomic E-state index is 14.0. The van der Waals surface area contributed by atoms with Crippen LogP contribution in [0.15, 0.2) is 25.3 Å². The number of aliphatic hydroxyl groups is 1. The van der Waals surface area contributed by atoms with Gasteiger partial charge in [-0.25, -0.2) is 0 Å². The lowest BCUT2D eigenvalue weighted by molar-refractivity contribution is -0.146. The lowest BCUT2D eigenvalue weighted by Crippen LogP contribution is -2.59. The molecule has 3 amide bonds. The summed E-state index contributed by atoms with van der Waals surface area (Å²) >= 11 is 1.66. The first-order chi connectivity index (χ1) is 15.6. The average Bonchev–Trinajstić information content (AvgIpc) is 3.38. The number of carbonyl (C=O) groups excluding carboxylic acids is 3. The summed E-state index contributed by atoms with van der Waals surface area (Å²) in [5.74, 6) is -1.28. The second-order valence-electron chi connectivity index (χ2n) is 10.3. The second-order valence-corrected chi connectivity index (χ2v) is 11.9. The Morgan fingerprint density at radius 3 is 2.45 bits per heavy atom. The predicted octanol–water partition coefficient (Wildman–Crippen LogP) is 2.31. The molecule has 5 atom stereocenters. The van der Waals surface area contributed by atoms with Gasteiger partial charge < -0.3 is 19.8 Å². The van der Waals surface area contributed by atoms with E-state index >= 15 is 0 Å². The van der Waals surface area contributed by atoms with Crippen molar-refractivity contribution in [2.75, 3.05) is 32.8 Å². The molecule has 0 aliphatic carbocycles. The van der Waals surface area contributed by atoms with Crippen LogP contribution in [0.25, 0.3) is 0 Å². The van der Waals surface area contributed by atoms with Gasteiger partial charge in [0, 0.05) is 37.0 Å². The van der Waals surface area contributed by atoms with E-state index in [4.69, 9.17) is 0 Å². The normalized spacial score (nSPS) is 30.3. The highest BCUT2D eigenvalue weighted by molar-refractivity contribution is 8.02. The standard InChI is InChI=1S/C25H39N3O4S/c1-7-12-26(13-8-2)21(30)18-17-10-11-25(33-17)19(18)22(31)27(15-16-29)20(25)23(32)28(14-9-3)24(4,5)6/h7,9,17-20,29H,1,3,8,10-16H2,2,4-6H3/t17-,18+,19+,20?,25?/m1/s1. The molecule has 3 fully saturated rings. The number of aliphatic hydroxyl groups excluding tert-OH is 1. The summed E-state index contributed by atoms with van der Waals surface area (Å²) in [5.41, 5.74) is -0.452. The molecule has 0 radical (unpaired) electrons. The third-order valence-electron chi connectivity index (χ3n) is 7.20. The Bertz CT molecular complexity index is 810. The Kier molecular flexibility index (Phi) is 7.68. The van der Waals surface area contributed by atoms with E-state index in [1.165, 1.54) is 0 Å². The molecule has 0 aromatic carbocycles. The van der Waals surface area contributed by atoms with Crippen LogP contribution in [0, 0.1) is 11.8 Å². The van der Waals surface area contributed by atoms with Crippen LogP contribution in [0.2, 0.25) is 0 Å². The summed E-state index contributed by atoms with van der Waals surface area (Å²) in [6, 6.07) is -0.687. The van der Waals surface area contributed by atoms with E-state index in [1.54, 1.807) is 38.6 Å². The smallest absolute Gasteiger partial charge is 0.247 e. The first-order valence-electron chi connectivity index (χ1n) is 12.0. The van der Waals surface area contributed by atoms with Crippen LogP contribution >= 0.6 is 11.8 Å². The first-order valence-corrected chi connectivity index (χ1v) is 12.9. The third kappa shape index (κ3) is 4.25. The van der Waals surface area contributed by atoms with E-state index in [2.05, 4.69) is 13.2 Å². The van der Waals surface area contributed by atoms with Gasteiger partial charge in [0.15, 0.2) is 0 Å². The highest BCUT2D eigenvalue weighted by Crippen LogP contribution is 2.66. The molecule has 0 aromatic rings. The van der Waals surface area contributed by atoms with Crippen molar-refractivity contribution in [3.05, 3.63) is 25.3 Å². The topological polar surface area (TPSA) is 81.2 Å². The minimum absolute atomic E-state index is 0.00927. The highest BCUT2D eigenvalue weighted by atomic mass is 32.2. The molecule has 3 aliphatic rings. The maximum Gasteiger partial charge on any atom is 0.247 e. The van der Waals surface area contributed by atoms with E-state index in [9.17, 15) is 19.5 Å². The van der Waals surface area contributed by atoms with Crippen molar-refractivity contribution in [1.29, 1.82) is 0 Å². The number of β-amino-alcohol motifs (C(OH)–C–C–N with tert-alkyl or cyclic N) is 1. The summed E-state index contributed by atoms with van der Waals surface area (Å²) in [6.07, 6.45) is 5.79. The van der Waals surface area contributed by atoms with E-state index in [0.29, 0.717) is 19.6 Å². The van der Waals surface area contributed by atoms with Gasteiger partial charge in [0.25, 0.3) is 0 Å². The molecule has 184 valence electrons. The Labute approximate surface area is 202 Å². The zero-order valence-electron chi connectivity index (χ0n) is 20.5. The summed E-state index contributed by atoms with van der Waals surface area (Å²) < 4.78 is -0.634. The van der Waals surface area contributed by atoms with Gasteiger partial charge in [-0.05, 0) is 40.0 Å². The van der Waals surface area contributed by atoms with Crippen molar-refractivity contribution in [2.45, 2.75) is 68.5 Å². The Morgan fingerprint density at radius 2 is 1.91 bits per heavy atom. The van der Waals surface area contributed by atoms with Gasteiger partial charge in [0.2, 0.25) is 17.7 Å². The number of rotatable bonds is 10. The molecule has 3 aliphatic heterocycles. The van der Waals surface area contributed by atoms with Gasteiger partial charge in [0.1, 0.15) is 6.04 Å². The number of likely N-dealkylation sites (tertiary alicyclic amines) is 1. The fraction of sp³-hybridized carbons (Fsp3) is 0.720. The Hall–Kier alpha value is -1.80. The molecule has 3 rings (SSSR count). The van der Waals surface area contributed by atoms with Crippen molar-refractivity contribution < 1.29 is 19.5 Å². The van der Waals surface area contributed by atoms with Gasteiger partial charge in [-0.2, -0.15) is 0 Å². The maximum absolute atomic E-state index is 14.0. The lowest BCUT2D eigenvalue weighted by atomic mass is 9.70. The Morgan fingerprint density at radius 1 is 1.24 bits per heavy atom. The van der Waals surface area contributed by atoms with Crippen LogP contribution in [0.5, 0.6) is 0 Å².